The molecule has 2 nitrogen and oxygen atoms in total. The van der Waals surface area contributed by atoms with Crippen LogP contribution in [0.3, 0.4) is 0 Å². The number of hydrogen-bond donors (Lipinski definition) is 2. The van der Waals surface area contributed by atoms with Crippen LogP contribution in [0.1, 0.15) is 11.1 Å². The number of benzene rings is 2. The lowest BCUT2D eigenvalue weighted by Crippen LogP contribution is -2.10. The first-order valence-electron chi connectivity index (χ1n) is 5.47. The third kappa shape index (κ3) is 3.28. The standard InChI is InChI=1S/C14H13ClN2S/c15-12-6-1-2-7-13(12)18-9-10-4-3-5-11(8-10)14(16)17/h1-8H,9H2,(H3,16,17). The summed E-state index contributed by atoms with van der Waals surface area (Å²) in [7, 11) is 0. The number of rotatable bonds is 4. The van der Waals surface area contributed by atoms with Crippen molar-refractivity contribution >= 4 is 29.2 Å². The van der Waals surface area contributed by atoms with Crippen LogP contribution in [0.25, 0.3) is 0 Å². The van der Waals surface area contributed by atoms with Crippen LogP contribution in [-0.4, -0.2) is 5.84 Å². The summed E-state index contributed by atoms with van der Waals surface area (Å²) in [5.74, 6) is 0.907. The van der Waals surface area contributed by atoms with Crippen LogP contribution < -0.4 is 5.73 Å². The molecule has 2 rings (SSSR count). The van der Waals surface area contributed by atoms with Crippen LogP contribution in [-0.2, 0) is 5.75 Å². The first kappa shape index (κ1) is 13.0. The average Bonchev–Trinajstić information content (AvgIpc) is 2.38. The van der Waals surface area contributed by atoms with Gasteiger partial charge < -0.3 is 5.73 Å². The van der Waals surface area contributed by atoms with Gasteiger partial charge in [0.2, 0.25) is 0 Å². The smallest absolute Gasteiger partial charge is 0.122 e. The Balaban J connectivity index is 2.09. The molecule has 0 fully saturated rings. The molecule has 2 aromatic carbocycles. The zero-order valence-corrected chi connectivity index (χ0v) is 11.3. The van der Waals surface area contributed by atoms with Crippen molar-refractivity contribution in [2.24, 2.45) is 5.73 Å². The predicted octanol–water partition coefficient (Wildman–Crippen LogP) is 3.92. The number of halogens is 1. The summed E-state index contributed by atoms with van der Waals surface area (Å²) in [6.07, 6.45) is 0. The Morgan fingerprint density at radius 3 is 2.67 bits per heavy atom. The number of nitrogens with two attached hydrogens (primary N) is 1. The molecular weight excluding hydrogens is 264 g/mol. The number of hydrogen-bond acceptors (Lipinski definition) is 2. The van der Waals surface area contributed by atoms with Gasteiger partial charge in [0.25, 0.3) is 0 Å². The molecule has 0 aliphatic heterocycles. The molecule has 0 aromatic heterocycles. The Labute approximate surface area is 116 Å². The molecule has 0 saturated carbocycles. The summed E-state index contributed by atoms with van der Waals surface area (Å²) >= 11 is 7.77. The van der Waals surface area contributed by atoms with Crippen molar-refractivity contribution in [3.8, 4) is 0 Å². The highest BCUT2D eigenvalue weighted by molar-refractivity contribution is 7.98. The van der Waals surface area contributed by atoms with Gasteiger partial charge in [0.1, 0.15) is 5.84 Å². The molecule has 0 saturated heterocycles. The van der Waals surface area contributed by atoms with E-state index in [4.69, 9.17) is 22.7 Å². The average molecular weight is 277 g/mol. The molecule has 0 unspecified atom stereocenters. The molecular formula is C14H13ClN2S. The van der Waals surface area contributed by atoms with E-state index in [1.807, 2.05) is 48.5 Å². The van der Waals surface area contributed by atoms with E-state index < -0.39 is 0 Å². The Bertz CT molecular complexity index is 569. The zero-order valence-electron chi connectivity index (χ0n) is 9.69. The van der Waals surface area contributed by atoms with Gasteiger partial charge in [-0.3, -0.25) is 5.41 Å². The summed E-state index contributed by atoms with van der Waals surface area (Å²) in [5, 5.41) is 8.18. The van der Waals surface area contributed by atoms with E-state index in [2.05, 4.69) is 0 Å². The van der Waals surface area contributed by atoms with E-state index in [-0.39, 0.29) is 5.84 Å². The van der Waals surface area contributed by atoms with Crippen molar-refractivity contribution in [3.05, 3.63) is 64.7 Å². The molecule has 0 amide bonds. The highest BCUT2D eigenvalue weighted by Crippen LogP contribution is 2.29. The molecule has 0 bridgehead atoms. The number of nitrogen functional groups attached to an aromatic ring is 1. The normalized spacial score (nSPS) is 10.3. The first-order valence-corrected chi connectivity index (χ1v) is 6.84. The molecule has 18 heavy (non-hydrogen) atoms. The molecule has 0 atom stereocenters. The minimum absolute atomic E-state index is 0.0968. The molecule has 0 aliphatic rings. The van der Waals surface area contributed by atoms with Gasteiger partial charge in [-0.25, -0.2) is 0 Å². The first-order chi connectivity index (χ1) is 8.66. The number of nitrogens with one attached hydrogen (secondary N) is 1. The fraction of sp³-hybridized carbons (Fsp3) is 0.0714. The second-order valence-electron chi connectivity index (χ2n) is 3.83. The Morgan fingerprint density at radius 2 is 1.94 bits per heavy atom. The van der Waals surface area contributed by atoms with Gasteiger partial charge in [0.05, 0.1) is 5.02 Å². The van der Waals surface area contributed by atoms with Gasteiger partial charge in [0, 0.05) is 16.2 Å². The van der Waals surface area contributed by atoms with Crippen molar-refractivity contribution in [3.63, 3.8) is 0 Å². The van der Waals surface area contributed by atoms with Crippen LogP contribution in [0.2, 0.25) is 5.02 Å². The van der Waals surface area contributed by atoms with Gasteiger partial charge in [-0.2, -0.15) is 0 Å². The summed E-state index contributed by atoms with van der Waals surface area (Å²) in [6, 6.07) is 15.5. The minimum atomic E-state index is 0.0968. The SMILES string of the molecule is N=C(N)c1cccc(CSc2ccccc2Cl)c1. The van der Waals surface area contributed by atoms with Crippen molar-refractivity contribution < 1.29 is 0 Å². The number of thioether (sulfide) groups is 1. The minimum Gasteiger partial charge on any atom is -0.384 e. The van der Waals surface area contributed by atoms with E-state index in [1.165, 1.54) is 0 Å². The molecule has 3 N–H and O–H groups in total. The second-order valence-corrected chi connectivity index (χ2v) is 5.26. The third-order valence-electron chi connectivity index (χ3n) is 2.47. The lowest BCUT2D eigenvalue weighted by molar-refractivity contribution is 1.35. The van der Waals surface area contributed by atoms with Crippen molar-refractivity contribution in [1.82, 2.24) is 0 Å². The quantitative estimate of drug-likeness (QED) is 0.505. The maximum atomic E-state index is 7.41. The maximum absolute atomic E-state index is 7.41. The lowest BCUT2D eigenvalue weighted by Gasteiger charge is -2.05. The molecule has 2 aromatic rings. The van der Waals surface area contributed by atoms with Gasteiger partial charge in [-0.15, -0.1) is 11.8 Å². The highest BCUT2D eigenvalue weighted by atomic mass is 35.5. The molecule has 0 spiro atoms. The van der Waals surface area contributed by atoms with E-state index in [1.54, 1.807) is 11.8 Å². The maximum Gasteiger partial charge on any atom is 0.122 e. The summed E-state index contributed by atoms with van der Waals surface area (Å²) in [6.45, 7) is 0. The summed E-state index contributed by atoms with van der Waals surface area (Å²) in [5.41, 5.74) is 7.36. The Hall–Kier alpha value is -1.45. The molecule has 0 aliphatic carbocycles. The summed E-state index contributed by atoms with van der Waals surface area (Å²) in [4.78, 5) is 1.06. The van der Waals surface area contributed by atoms with Crippen LogP contribution >= 0.6 is 23.4 Å². The van der Waals surface area contributed by atoms with Crippen LogP contribution in [0, 0.1) is 5.41 Å². The lowest BCUT2D eigenvalue weighted by atomic mass is 10.1. The fourth-order valence-corrected chi connectivity index (χ4v) is 2.73. The fourth-order valence-electron chi connectivity index (χ4n) is 1.55. The second kappa shape index (κ2) is 5.94. The monoisotopic (exact) mass is 276 g/mol. The van der Waals surface area contributed by atoms with Crippen molar-refractivity contribution in [2.45, 2.75) is 10.6 Å². The predicted molar refractivity (Wildman–Crippen MR) is 78.5 cm³/mol. The van der Waals surface area contributed by atoms with Crippen LogP contribution in [0.5, 0.6) is 0 Å². The van der Waals surface area contributed by atoms with E-state index in [9.17, 15) is 0 Å². The zero-order chi connectivity index (χ0) is 13.0. The topological polar surface area (TPSA) is 49.9 Å². The highest BCUT2D eigenvalue weighted by Gasteiger charge is 2.02. The van der Waals surface area contributed by atoms with Crippen molar-refractivity contribution in [2.75, 3.05) is 0 Å². The van der Waals surface area contributed by atoms with E-state index in [0.29, 0.717) is 0 Å². The largest absolute Gasteiger partial charge is 0.384 e. The van der Waals surface area contributed by atoms with Gasteiger partial charge >= 0.3 is 0 Å². The molecule has 0 heterocycles. The third-order valence-corrected chi connectivity index (χ3v) is 4.06. The Kier molecular flexibility index (Phi) is 4.28. The van der Waals surface area contributed by atoms with Crippen molar-refractivity contribution in [1.29, 1.82) is 5.41 Å². The van der Waals surface area contributed by atoms with Crippen LogP contribution in [0.15, 0.2) is 53.4 Å². The summed E-state index contributed by atoms with van der Waals surface area (Å²) < 4.78 is 0. The molecule has 0 radical (unpaired) electrons. The Morgan fingerprint density at radius 1 is 1.17 bits per heavy atom. The van der Waals surface area contributed by atoms with Gasteiger partial charge in [-0.1, -0.05) is 41.9 Å². The molecule has 92 valence electrons. The molecule has 4 heteroatoms. The van der Waals surface area contributed by atoms with Gasteiger partial charge in [0.15, 0.2) is 0 Å². The van der Waals surface area contributed by atoms with Gasteiger partial charge in [-0.05, 0) is 23.8 Å². The van der Waals surface area contributed by atoms with E-state index in [0.717, 1.165) is 26.8 Å². The van der Waals surface area contributed by atoms with Crippen LogP contribution in [0.4, 0.5) is 0 Å². The number of amidine groups is 1. The van der Waals surface area contributed by atoms with E-state index >= 15 is 0 Å².